The fraction of sp³-hybridized carbons (Fsp3) is 0.235. The number of aliphatic carboxylic acids is 1. The van der Waals surface area contributed by atoms with Gasteiger partial charge in [0.05, 0.1) is 12.1 Å². The highest BCUT2D eigenvalue weighted by molar-refractivity contribution is 5.76. The first-order valence-electron chi connectivity index (χ1n) is 6.87. The first-order chi connectivity index (χ1) is 10.0. The van der Waals surface area contributed by atoms with Gasteiger partial charge in [0, 0.05) is 5.69 Å². The third-order valence-corrected chi connectivity index (χ3v) is 3.40. The first kappa shape index (κ1) is 15.0. The summed E-state index contributed by atoms with van der Waals surface area (Å²) in [4.78, 5) is 11.0. The van der Waals surface area contributed by atoms with Crippen LogP contribution in [-0.2, 0) is 17.6 Å². The second kappa shape index (κ2) is 6.39. The van der Waals surface area contributed by atoms with E-state index in [0.717, 1.165) is 17.5 Å². The molecule has 3 nitrogen and oxygen atoms in total. The molecule has 0 unspecified atom stereocenters. The summed E-state index contributed by atoms with van der Waals surface area (Å²) >= 11 is 0. The Morgan fingerprint density at radius 2 is 2.05 bits per heavy atom. The molecule has 0 amide bonds. The molecule has 0 aliphatic heterocycles. The quantitative estimate of drug-likeness (QED) is 0.871. The number of para-hydroxylation sites is 1. The molecule has 0 spiro atoms. The summed E-state index contributed by atoms with van der Waals surface area (Å²) in [6.45, 7) is 3.82. The molecule has 0 radical (unpaired) electrons. The molecule has 2 aromatic rings. The fourth-order valence-corrected chi connectivity index (χ4v) is 2.22. The lowest BCUT2D eigenvalue weighted by Crippen LogP contribution is -2.06. The number of halogens is 1. The average molecular weight is 287 g/mol. The number of anilines is 2. The molecule has 0 bridgehead atoms. The Bertz CT molecular complexity index is 648. The van der Waals surface area contributed by atoms with Gasteiger partial charge in [0.25, 0.3) is 0 Å². The molecule has 2 N–H and O–H groups in total. The zero-order valence-corrected chi connectivity index (χ0v) is 12.1. The molecule has 0 heterocycles. The molecule has 0 aromatic heterocycles. The summed E-state index contributed by atoms with van der Waals surface area (Å²) in [5.41, 5.74) is 3.50. The zero-order chi connectivity index (χ0) is 15.4. The van der Waals surface area contributed by atoms with E-state index in [1.807, 2.05) is 38.1 Å². The van der Waals surface area contributed by atoms with Crippen LogP contribution in [0.4, 0.5) is 15.8 Å². The molecule has 2 aromatic carbocycles. The van der Waals surface area contributed by atoms with Crippen LogP contribution in [-0.4, -0.2) is 11.1 Å². The van der Waals surface area contributed by atoms with Crippen molar-refractivity contribution >= 4 is 17.3 Å². The Labute approximate surface area is 123 Å². The summed E-state index contributed by atoms with van der Waals surface area (Å²) in [5, 5.41) is 12.1. The van der Waals surface area contributed by atoms with Crippen molar-refractivity contribution in [3.05, 3.63) is 58.9 Å². The highest BCUT2D eigenvalue weighted by Gasteiger charge is 2.11. The predicted octanol–water partition coefficient (Wildman–Crippen LogP) is 4.07. The third kappa shape index (κ3) is 3.60. The van der Waals surface area contributed by atoms with Crippen LogP contribution in [0.3, 0.4) is 0 Å². The number of carboxylic acids is 1. The summed E-state index contributed by atoms with van der Waals surface area (Å²) < 4.78 is 13.9. The van der Waals surface area contributed by atoms with Gasteiger partial charge in [-0.05, 0) is 42.2 Å². The van der Waals surface area contributed by atoms with Crippen LogP contribution in [0, 0.1) is 12.7 Å². The molecule has 0 aliphatic rings. The van der Waals surface area contributed by atoms with Gasteiger partial charge in [-0.2, -0.15) is 0 Å². The minimum atomic E-state index is -0.906. The van der Waals surface area contributed by atoms with Gasteiger partial charge in [0.2, 0.25) is 0 Å². The van der Waals surface area contributed by atoms with Crippen molar-refractivity contribution < 1.29 is 14.3 Å². The van der Waals surface area contributed by atoms with Crippen molar-refractivity contribution in [2.45, 2.75) is 26.7 Å². The van der Waals surface area contributed by atoms with Crippen LogP contribution in [0.1, 0.15) is 23.6 Å². The molecular formula is C17H18FNO2. The van der Waals surface area contributed by atoms with Gasteiger partial charge in [0.1, 0.15) is 5.82 Å². The van der Waals surface area contributed by atoms with E-state index >= 15 is 0 Å². The lowest BCUT2D eigenvalue weighted by atomic mass is 10.0. The Hall–Kier alpha value is -2.36. The topological polar surface area (TPSA) is 49.3 Å². The predicted molar refractivity (Wildman–Crippen MR) is 81.6 cm³/mol. The fourth-order valence-electron chi connectivity index (χ4n) is 2.22. The smallest absolute Gasteiger partial charge is 0.307 e. The number of benzene rings is 2. The maximum atomic E-state index is 13.9. The maximum absolute atomic E-state index is 13.9. The summed E-state index contributed by atoms with van der Waals surface area (Å²) in [6, 6.07) is 10.4. The van der Waals surface area contributed by atoms with E-state index in [0.29, 0.717) is 16.9 Å². The van der Waals surface area contributed by atoms with Gasteiger partial charge in [-0.3, -0.25) is 4.79 Å². The highest BCUT2D eigenvalue weighted by atomic mass is 19.1. The van der Waals surface area contributed by atoms with E-state index < -0.39 is 5.97 Å². The van der Waals surface area contributed by atoms with Gasteiger partial charge in [-0.25, -0.2) is 4.39 Å². The SMILES string of the molecule is CCc1ccc(Nc2c(C)cccc2F)c(CC(=O)O)c1. The summed E-state index contributed by atoms with van der Waals surface area (Å²) in [6.07, 6.45) is 0.731. The van der Waals surface area contributed by atoms with E-state index in [-0.39, 0.29) is 12.2 Å². The maximum Gasteiger partial charge on any atom is 0.307 e. The molecule has 4 heteroatoms. The molecule has 0 aliphatic carbocycles. The first-order valence-corrected chi connectivity index (χ1v) is 6.87. The van der Waals surface area contributed by atoms with E-state index in [1.54, 1.807) is 6.07 Å². The monoisotopic (exact) mass is 287 g/mol. The van der Waals surface area contributed by atoms with Crippen molar-refractivity contribution in [1.82, 2.24) is 0 Å². The number of hydrogen-bond donors (Lipinski definition) is 2. The minimum absolute atomic E-state index is 0.0936. The van der Waals surface area contributed by atoms with Crippen molar-refractivity contribution in [3.63, 3.8) is 0 Å². The lowest BCUT2D eigenvalue weighted by molar-refractivity contribution is -0.136. The lowest BCUT2D eigenvalue weighted by Gasteiger charge is -2.15. The van der Waals surface area contributed by atoms with Crippen LogP contribution in [0.25, 0.3) is 0 Å². The van der Waals surface area contributed by atoms with Crippen LogP contribution in [0.2, 0.25) is 0 Å². The Morgan fingerprint density at radius 3 is 2.67 bits per heavy atom. The van der Waals surface area contributed by atoms with E-state index in [1.165, 1.54) is 6.07 Å². The molecule has 0 fully saturated rings. The number of carboxylic acid groups (broad SMARTS) is 1. The Kier molecular flexibility index (Phi) is 4.58. The van der Waals surface area contributed by atoms with Crippen LogP contribution in [0.15, 0.2) is 36.4 Å². The molecule has 0 atom stereocenters. The minimum Gasteiger partial charge on any atom is -0.481 e. The van der Waals surface area contributed by atoms with Gasteiger partial charge in [-0.15, -0.1) is 0 Å². The zero-order valence-electron chi connectivity index (χ0n) is 12.1. The summed E-state index contributed by atoms with van der Waals surface area (Å²) in [5.74, 6) is -1.26. The normalized spacial score (nSPS) is 10.4. The van der Waals surface area contributed by atoms with Gasteiger partial charge in [-0.1, -0.05) is 31.2 Å². The van der Waals surface area contributed by atoms with Crippen LogP contribution >= 0.6 is 0 Å². The molecular weight excluding hydrogens is 269 g/mol. The largest absolute Gasteiger partial charge is 0.481 e. The standard InChI is InChI=1S/C17H18FNO2/c1-3-12-7-8-15(13(9-12)10-16(20)21)19-17-11(2)5-4-6-14(17)18/h4-9,19H,3,10H2,1-2H3,(H,20,21). The molecule has 21 heavy (non-hydrogen) atoms. The Morgan fingerprint density at radius 1 is 1.29 bits per heavy atom. The van der Waals surface area contributed by atoms with Crippen LogP contribution in [0.5, 0.6) is 0 Å². The van der Waals surface area contributed by atoms with E-state index in [9.17, 15) is 9.18 Å². The van der Waals surface area contributed by atoms with Crippen LogP contribution < -0.4 is 5.32 Å². The van der Waals surface area contributed by atoms with Gasteiger partial charge >= 0.3 is 5.97 Å². The molecule has 0 saturated carbocycles. The number of carbonyl (C=O) groups is 1. The van der Waals surface area contributed by atoms with E-state index in [2.05, 4.69) is 5.32 Å². The molecule has 110 valence electrons. The van der Waals surface area contributed by atoms with Crippen molar-refractivity contribution in [1.29, 1.82) is 0 Å². The van der Waals surface area contributed by atoms with Crippen molar-refractivity contribution in [2.75, 3.05) is 5.32 Å². The summed E-state index contributed by atoms with van der Waals surface area (Å²) in [7, 11) is 0. The number of aryl methyl sites for hydroxylation is 2. The van der Waals surface area contributed by atoms with Gasteiger partial charge in [0.15, 0.2) is 0 Å². The number of nitrogens with one attached hydrogen (secondary N) is 1. The van der Waals surface area contributed by atoms with Crippen molar-refractivity contribution in [3.8, 4) is 0 Å². The third-order valence-electron chi connectivity index (χ3n) is 3.40. The Balaban J connectivity index is 2.41. The van der Waals surface area contributed by atoms with E-state index in [4.69, 9.17) is 5.11 Å². The van der Waals surface area contributed by atoms with Gasteiger partial charge < -0.3 is 10.4 Å². The number of hydrogen-bond acceptors (Lipinski definition) is 2. The highest BCUT2D eigenvalue weighted by Crippen LogP contribution is 2.27. The average Bonchev–Trinajstić information content (AvgIpc) is 2.43. The second-order valence-corrected chi connectivity index (χ2v) is 4.97. The molecule has 2 rings (SSSR count). The number of rotatable bonds is 5. The second-order valence-electron chi connectivity index (χ2n) is 4.97. The van der Waals surface area contributed by atoms with Crippen molar-refractivity contribution in [2.24, 2.45) is 0 Å². The molecule has 0 saturated heterocycles.